The number of carbonyl (C=O) groups excluding carboxylic acids is 2. The van der Waals surface area contributed by atoms with Gasteiger partial charge < -0.3 is 14.5 Å². The second-order valence-electron chi connectivity index (χ2n) is 8.63. The van der Waals surface area contributed by atoms with Gasteiger partial charge in [0.15, 0.2) is 5.78 Å². The maximum absolute atomic E-state index is 13.4. The Morgan fingerprint density at radius 1 is 0.967 bits per heavy atom. The number of ketones is 1. The van der Waals surface area contributed by atoms with E-state index in [1.807, 2.05) is 78.5 Å². The van der Waals surface area contributed by atoms with Crippen LogP contribution >= 0.6 is 0 Å². The lowest BCUT2D eigenvalue weighted by atomic mass is 9.75. The van der Waals surface area contributed by atoms with Gasteiger partial charge in [0, 0.05) is 43.3 Å². The van der Waals surface area contributed by atoms with Crippen molar-refractivity contribution in [1.82, 2.24) is 4.90 Å². The average Bonchev–Trinajstić information content (AvgIpc) is 2.76. The zero-order chi connectivity index (χ0) is 21.1. The van der Waals surface area contributed by atoms with Gasteiger partial charge in [-0.25, -0.2) is 4.79 Å². The first-order valence-corrected chi connectivity index (χ1v) is 10.8. The van der Waals surface area contributed by atoms with E-state index >= 15 is 0 Å². The van der Waals surface area contributed by atoms with Crippen LogP contribution < -0.4 is 4.90 Å². The summed E-state index contributed by atoms with van der Waals surface area (Å²) in [7, 11) is 3.93. The molecule has 5 heteroatoms. The molecule has 2 heterocycles. The molecule has 30 heavy (non-hydrogen) atoms. The van der Waals surface area contributed by atoms with Gasteiger partial charge >= 0.3 is 6.09 Å². The molecular formula is C25H30N2O3. The first kappa shape index (κ1) is 20.5. The summed E-state index contributed by atoms with van der Waals surface area (Å²) in [5.41, 5.74) is 2.73. The van der Waals surface area contributed by atoms with Crippen molar-refractivity contribution in [2.75, 3.05) is 19.0 Å². The molecule has 2 aromatic carbocycles. The molecule has 0 aliphatic carbocycles. The molecule has 2 aliphatic rings. The molecule has 0 radical (unpaired) electrons. The van der Waals surface area contributed by atoms with E-state index in [0.717, 1.165) is 48.9 Å². The van der Waals surface area contributed by atoms with Gasteiger partial charge in [-0.15, -0.1) is 0 Å². The Morgan fingerprint density at radius 2 is 1.60 bits per heavy atom. The molecule has 0 N–H and O–H groups in total. The highest BCUT2D eigenvalue weighted by Crippen LogP contribution is 2.39. The number of ether oxygens (including phenoxy) is 1. The number of nitrogens with zero attached hydrogens (tertiary/aromatic N) is 2. The predicted molar refractivity (Wildman–Crippen MR) is 118 cm³/mol. The van der Waals surface area contributed by atoms with E-state index in [9.17, 15) is 9.59 Å². The molecule has 2 fully saturated rings. The summed E-state index contributed by atoms with van der Waals surface area (Å²) < 4.78 is 5.63. The summed E-state index contributed by atoms with van der Waals surface area (Å²) in [6.45, 7) is 0.286. The van der Waals surface area contributed by atoms with Crippen LogP contribution in [0.25, 0.3) is 0 Å². The second kappa shape index (κ2) is 8.90. The lowest BCUT2D eigenvalue weighted by Crippen LogP contribution is -2.55. The van der Waals surface area contributed by atoms with Crippen LogP contribution in [0.5, 0.6) is 0 Å². The minimum Gasteiger partial charge on any atom is -0.445 e. The van der Waals surface area contributed by atoms with E-state index < -0.39 is 0 Å². The normalized spacial score (nSPS) is 23.0. The minimum absolute atomic E-state index is 0.0421. The van der Waals surface area contributed by atoms with Gasteiger partial charge in [-0.05, 0) is 49.8 Å². The number of amides is 1. The molecule has 0 aromatic heterocycles. The lowest BCUT2D eigenvalue weighted by molar-refractivity contribution is 0.00474. The second-order valence-corrected chi connectivity index (χ2v) is 8.63. The molecule has 2 aliphatic heterocycles. The summed E-state index contributed by atoms with van der Waals surface area (Å²) in [4.78, 5) is 30.2. The van der Waals surface area contributed by atoms with E-state index in [1.165, 1.54) is 0 Å². The molecule has 2 atom stereocenters. The summed E-state index contributed by atoms with van der Waals surface area (Å²) in [5, 5.41) is 0. The molecule has 158 valence electrons. The van der Waals surface area contributed by atoms with Gasteiger partial charge in [0.05, 0.1) is 0 Å². The fraction of sp³-hybridized carbons (Fsp3) is 0.440. The monoisotopic (exact) mass is 406 g/mol. The molecule has 5 nitrogen and oxygen atoms in total. The van der Waals surface area contributed by atoms with Crippen molar-refractivity contribution < 1.29 is 14.3 Å². The predicted octanol–water partition coefficient (Wildman–Crippen LogP) is 4.91. The number of carbonyl (C=O) groups is 2. The summed E-state index contributed by atoms with van der Waals surface area (Å²) in [6, 6.07) is 17.7. The number of para-hydroxylation sites is 1. The minimum atomic E-state index is -0.242. The highest BCUT2D eigenvalue weighted by atomic mass is 16.6. The van der Waals surface area contributed by atoms with Crippen LogP contribution in [0.4, 0.5) is 10.5 Å². The van der Waals surface area contributed by atoms with E-state index in [2.05, 4.69) is 0 Å². The largest absolute Gasteiger partial charge is 0.445 e. The topological polar surface area (TPSA) is 49.9 Å². The van der Waals surface area contributed by atoms with E-state index in [-0.39, 0.29) is 36.5 Å². The van der Waals surface area contributed by atoms with Gasteiger partial charge in [-0.2, -0.15) is 0 Å². The fourth-order valence-electron chi connectivity index (χ4n) is 4.98. The molecule has 2 saturated heterocycles. The molecule has 2 aromatic rings. The van der Waals surface area contributed by atoms with Crippen LogP contribution in [0.15, 0.2) is 54.6 Å². The van der Waals surface area contributed by atoms with Crippen molar-refractivity contribution in [3.8, 4) is 0 Å². The van der Waals surface area contributed by atoms with Crippen LogP contribution in [-0.4, -0.2) is 43.0 Å². The number of hydrogen-bond donors (Lipinski definition) is 0. The van der Waals surface area contributed by atoms with Gasteiger partial charge in [0.2, 0.25) is 0 Å². The van der Waals surface area contributed by atoms with Crippen LogP contribution in [0.3, 0.4) is 0 Å². The van der Waals surface area contributed by atoms with Crippen molar-refractivity contribution in [2.24, 2.45) is 5.92 Å². The fourth-order valence-corrected chi connectivity index (χ4v) is 4.98. The Balaban J connectivity index is 1.46. The number of Topliss-reactive ketones (excluding diaryl/α,β-unsaturated/α-hetero) is 1. The van der Waals surface area contributed by atoms with Crippen LogP contribution in [0.1, 0.15) is 48.0 Å². The number of piperidine rings is 2. The SMILES string of the molecule is CN(C)c1ccccc1C(=O)C1CC2CCCC(C1)N2C(=O)OCc1ccccc1. The molecular weight excluding hydrogens is 376 g/mol. The first-order chi connectivity index (χ1) is 14.5. The Bertz CT molecular complexity index is 882. The third-order valence-corrected chi connectivity index (χ3v) is 6.41. The summed E-state index contributed by atoms with van der Waals surface area (Å²) >= 11 is 0. The maximum Gasteiger partial charge on any atom is 0.410 e. The molecule has 2 bridgehead atoms. The quantitative estimate of drug-likeness (QED) is 0.663. The number of hydrogen-bond acceptors (Lipinski definition) is 4. The number of benzene rings is 2. The van der Waals surface area contributed by atoms with Crippen LogP contribution in [0, 0.1) is 5.92 Å². The first-order valence-electron chi connectivity index (χ1n) is 10.8. The molecule has 4 rings (SSSR count). The van der Waals surface area contributed by atoms with Gasteiger partial charge in [0.25, 0.3) is 0 Å². The smallest absolute Gasteiger partial charge is 0.410 e. The number of anilines is 1. The highest BCUT2D eigenvalue weighted by molar-refractivity contribution is 6.03. The lowest BCUT2D eigenvalue weighted by Gasteiger charge is -2.47. The summed E-state index contributed by atoms with van der Waals surface area (Å²) in [5.74, 6) is 0.160. The third kappa shape index (κ3) is 4.20. The van der Waals surface area contributed by atoms with Crippen molar-refractivity contribution in [2.45, 2.75) is 50.8 Å². The van der Waals surface area contributed by atoms with Crippen molar-refractivity contribution in [3.05, 3.63) is 65.7 Å². The third-order valence-electron chi connectivity index (χ3n) is 6.41. The molecule has 1 amide bonds. The zero-order valence-electron chi connectivity index (χ0n) is 17.8. The van der Waals surface area contributed by atoms with E-state index in [4.69, 9.17) is 4.74 Å². The van der Waals surface area contributed by atoms with E-state index in [1.54, 1.807) is 0 Å². The Labute approximate surface area is 178 Å². The van der Waals surface area contributed by atoms with Crippen molar-refractivity contribution >= 4 is 17.6 Å². The maximum atomic E-state index is 13.4. The van der Waals surface area contributed by atoms with Gasteiger partial charge in [-0.3, -0.25) is 4.79 Å². The van der Waals surface area contributed by atoms with E-state index in [0.29, 0.717) is 0 Å². The summed E-state index contributed by atoms with van der Waals surface area (Å²) in [6.07, 6.45) is 4.18. The Morgan fingerprint density at radius 3 is 2.27 bits per heavy atom. The Hall–Kier alpha value is -2.82. The number of rotatable bonds is 5. The van der Waals surface area contributed by atoms with Crippen LogP contribution in [0.2, 0.25) is 0 Å². The molecule has 0 spiro atoms. The highest BCUT2D eigenvalue weighted by Gasteiger charge is 2.44. The Kier molecular flexibility index (Phi) is 6.07. The molecule has 0 saturated carbocycles. The standard InChI is InChI=1S/C25H30N2O3/c1-26(2)23-14-7-6-13-22(23)24(28)19-15-20-11-8-12-21(16-19)27(20)25(29)30-17-18-9-4-3-5-10-18/h3-7,9-10,13-14,19-21H,8,11-12,15-17H2,1-2H3. The zero-order valence-corrected chi connectivity index (χ0v) is 17.8. The van der Waals surface area contributed by atoms with Gasteiger partial charge in [0.1, 0.15) is 6.61 Å². The average molecular weight is 407 g/mol. The van der Waals surface area contributed by atoms with Crippen molar-refractivity contribution in [1.29, 1.82) is 0 Å². The van der Waals surface area contributed by atoms with Gasteiger partial charge in [-0.1, -0.05) is 42.5 Å². The molecule has 2 unspecified atom stereocenters. The van der Waals surface area contributed by atoms with Crippen LogP contribution in [-0.2, 0) is 11.3 Å². The number of fused-ring (bicyclic) bond motifs is 2. The van der Waals surface area contributed by atoms with Crippen molar-refractivity contribution in [3.63, 3.8) is 0 Å².